The van der Waals surface area contributed by atoms with E-state index in [2.05, 4.69) is 38.6 Å². The molecule has 1 aromatic carbocycles. The van der Waals surface area contributed by atoms with E-state index in [1.165, 1.54) is 11.3 Å². The Morgan fingerprint density at radius 1 is 1.25 bits per heavy atom. The fourth-order valence-electron chi connectivity index (χ4n) is 1.36. The largest absolute Gasteiger partial charge is 0.179 e. The Labute approximate surface area is 114 Å². The summed E-state index contributed by atoms with van der Waals surface area (Å²) < 4.78 is 0. The van der Waals surface area contributed by atoms with Crippen LogP contribution < -0.4 is 0 Å². The monoisotopic (exact) mass is 274 g/mol. The second-order valence-electron chi connectivity index (χ2n) is 4.33. The van der Waals surface area contributed by atoms with E-state index >= 15 is 0 Å². The van der Waals surface area contributed by atoms with Crippen LogP contribution in [-0.2, 0) is 5.75 Å². The van der Waals surface area contributed by atoms with Gasteiger partial charge in [-0.05, 0) is 41.0 Å². The molecule has 0 amide bonds. The summed E-state index contributed by atoms with van der Waals surface area (Å²) in [6.07, 6.45) is 0. The lowest BCUT2D eigenvalue weighted by Gasteiger charge is -2.17. The highest BCUT2D eigenvalue weighted by molar-refractivity contribution is 7.98. The fraction of sp³-hybridized carbons (Fsp3) is 0.538. The molecule has 0 heterocycles. The number of thiol groups is 1. The van der Waals surface area contributed by atoms with Crippen LogP contribution in [0.3, 0.4) is 0 Å². The molecule has 1 atom stereocenters. The van der Waals surface area contributed by atoms with Crippen LogP contribution in [0.15, 0.2) is 24.3 Å². The van der Waals surface area contributed by atoms with Gasteiger partial charge in [0.2, 0.25) is 0 Å². The molecule has 3 heteroatoms. The molecule has 1 unspecified atom stereocenters. The zero-order valence-corrected chi connectivity index (χ0v) is 12.3. The molecular weight excluding hydrogens is 256 g/mol. The standard InChI is InChI=1S/C13H19ClS2/c1-10(2)12(7-15)9-16-8-11-3-5-13(14)6-4-11/h3-6,10,12,15H,7-9H2,1-2H3. The Balaban J connectivity index is 2.32. The number of rotatable bonds is 6. The Bertz CT molecular complexity index is 295. The highest BCUT2D eigenvalue weighted by Crippen LogP contribution is 2.22. The summed E-state index contributed by atoms with van der Waals surface area (Å²) in [7, 11) is 0. The average molecular weight is 275 g/mol. The number of thioether (sulfide) groups is 1. The Morgan fingerprint density at radius 2 is 1.88 bits per heavy atom. The summed E-state index contributed by atoms with van der Waals surface area (Å²) in [5.74, 6) is 4.65. The SMILES string of the molecule is CC(C)C(CS)CSCc1ccc(Cl)cc1. The maximum absolute atomic E-state index is 5.84. The van der Waals surface area contributed by atoms with Crippen LogP contribution in [0.2, 0.25) is 5.02 Å². The minimum Gasteiger partial charge on any atom is -0.179 e. The molecule has 0 saturated carbocycles. The van der Waals surface area contributed by atoms with Crippen LogP contribution in [0.4, 0.5) is 0 Å². The van der Waals surface area contributed by atoms with Gasteiger partial charge in [0, 0.05) is 10.8 Å². The van der Waals surface area contributed by atoms with E-state index in [1.807, 2.05) is 23.9 Å². The Hall–Kier alpha value is 0.210. The van der Waals surface area contributed by atoms with Crippen molar-refractivity contribution >= 4 is 36.0 Å². The predicted molar refractivity (Wildman–Crippen MR) is 79.8 cm³/mol. The molecule has 1 rings (SSSR count). The second kappa shape index (κ2) is 7.52. The van der Waals surface area contributed by atoms with Crippen LogP contribution in [0, 0.1) is 11.8 Å². The van der Waals surface area contributed by atoms with Crippen LogP contribution in [0.25, 0.3) is 0 Å². The van der Waals surface area contributed by atoms with Crippen LogP contribution in [-0.4, -0.2) is 11.5 Å². The minimum atomic E-state index is 0.709. The van der Waals surface area contributed by atoms with Gasteiger partial charge in [-0.25, -0.2) is 0 Å². The molecule has 90 valence electrons. The highest BCUT2D eigenvalue weighted by atomic mass is 35.5. The zero-order chi connectivity index (χ0) is 12.0. The first-order valence-corrected chi connectivity index (χ1v) is 7.73. The maximum Gasteiger partial charge on any atom is 0.0406 e. The fourth-order valence-corrected chi connectivity index (χ4v) is 3.57. The molecule has 0 nitrogen and oxygen atoms in total. The molecular formula is C13H19ClS2. The number of hydrogen-bond acceptors (Lipinski definition) is 2. The van der Waals surface area contributed by atoms with E-state index < -0.39 is 0 Å². The topological polar surface area (TPSA) is 0 Å². The molecule has 0 aliphatic heterocycles. The first kappa shape index (κ1) is 14.3. The third-order valence-electron chi connectivity index (χ3n) is 2.69. The van der Waals surface area contributed by atoms with E-state index in [-0.39, 0.29) is 0 Å². The van der Waals surface area contributed by atoms with E-state index in [1.54, 1.807) is 0 Å². The summed E-state index contributed by atoms with van der Waals surface area (Å²) >= 11 is 12.2. The molecule has 16 heavy (non-hydrogen) atoms. The lowest BCUT2D eigenvalue weighted by atomic mass is 10.0. The first-order valence-electron chi connectivity index (χ1n) is 5.56. The smallest absolute Gasteiger partial charge is 0.0406 e. The molecule has 0 spiro atoms. The molecule has 0 radical (unpaired) electrons. The summed E-state index contributed by atoms with van der Waals surface area (Å²) in [6, 6.07) is 8.10. The van der Waals surface area contributed by atoms with Gasteiger partial charge >= 0.3 is 0 Å². The molecule has 0 aliphatic rings. The predicted octanol–water partition coefficient (Wildman–Crippen LogP) is 4.78. The molecule has 0 aromatic heterocycles. The number of benzene rings is 1. The van der Waals surface area contributed by atoms with Crippen LogP contribution >= 0.6 is 36.0 Å². The summed E-state index contributed by atoms with van der Waals surface area (Å²) in [6.45, 7) is 4.54. The zero-order valence-electron chi connectivity index (χ0n) is 9.82. The Morgan fingerprint density at radius 3 is 2.38 bits per heavy atom. The van der Waals surface area contributed by atoms with Gasteiger partial charge in [0.05, 0.1) is 0 Å². The van der Waals surface area contributed by atoms with Gasteiger partial charge in [-0.15, -0.1) is 0 Å². The van der Waals surface area contributed by atoms with Crippen molar-refractivity contribution in [3.63, 3.8) is 0 Å². The van der Waals surface area contributed by atoms with Gasteiger partial charge in [-0.1, -0.05) is 37.6 Å². The quantitative estimate of drug-likeness (QED) is 0.729. The van der Waals surface area contributed by atoms with Gasteiger partial charge in [0.15, 0.2) is 0 Å². The van der Waals surface area contributed by atoms with Crippen molar-refractivity contribution in [1.82, 2.24) is 0 Å². The van der Waals surface area contributed by atoms with Gasteiger partial charge in [-0.2, -0.15) is 24.4 Å². The van der Waals surface area contributed by atoms with Crippen molar-refractivity contribution in [2.75, 3.05) is 11.5 Å². The van der Waals surface area contributed by atoms with Crippen molar-refractivity contribution in [2.45, 2.75) is 19.6 Å². The van der Waals surface area contributed by atoms with Crippen molar-refractivity contribution in [3.8, 4) is 0 Å². The minimum absolute atomic E-state index is 0.709. The van der Waals surface area contributed by atoms with Gasteiger partial charge in [0.25, 0.3) is 0 Å². The number of hydrogen-bond donors (Lipinski definition) is 1. The van der Waals surface area contributed by atoms with Crippen molar-refractivity contribution in [3.05, 3.63) is 34.9 Å². The van der Waals surface area contributed by atoms with Crippen LogP contribution in [0.1, 0.15) is 19.4 Å². The van der Waals surface area contributed by atoms with Crippen molar-refractivity contribution in [2.24, 2.45) is 11.8 Å². The normalized spacial score (nSPS) is 13.1. The average Bonchev–Trinajstić information content (AvgIpc) is 2.26. The molecule has 0 N–H and O–H groups in total. The van der Waals surface area contributed by atoms with Gasteiger partial charge in [0.1, 0.15) is 0 Å². The molecule has 1 aromatic rings. The van der Waals surface area contributed by atoms with Crippen molar-refractivity contribution < 1.29 is 0 Å². The first-order chi connectivity index (χ1) is 7.63. The third-order valence-corrected chi connectivity index (χ3v) is 4.61. The molecule has 0 fully saturated rings. The van der Waals surface area contributed by atoms with E-state index in [4.69, 9.17) is 11.6 Å². The lowest BCUT2D eigenvalue weighted by Crippen LogP contribution is -2.13. The molecule has 0 saturated heterocycles. The lowest BCUT2D eigenvalue weighted by molar-refractivity contribution is 0.473. The van der Waals surface area contributed by atoms with E-state index in [9.17, 15) is 0 Å². The molecule has 0 aliphatic carbocycles. The highest BCUT2D eigenvalue weighted by Gasteiger charge is 2.11. The van der Waals surface area contributed by atoms with Crippen molar-refractivity contribution in [1.29, 1.82) is 0 Å². The van der Waals surface area contributed by atoms with E-state index in [0.717, 1.165) is 22.4 Å². The van der Waals surface area contributed by atoms with Crippen LogP contribution in [0.5, 0.6) is 0 Å². The summed E-state index contributed by atoms with van der Waals surface area (Å²) in [5.41, 5.74) is 1.34. The molecule has 0 bridgehead atoms. The third kappa shape index (κ3) is 5.03. The number of halogens is 1. The summed E-state index contributed by atoms with van der Waals surface area (Å²) in [5, 5.41) is 0.809. The van der Waals surface area contributed by atoms with E-state index in [0.29, 0.717) is 5.92 Å². The van der Waals surface area contributed by atoms with Gasteiger partial charge in [-0.3, -0.25) is 0 Å². The summed E-state index contributed by atoms with van der Waals surface area (Å²) in [4.78, 5) is 0. The second-order valence-corrected chi connectivity index (χ2v) is 6.16. The Kier molecular flexibility index (Phi) is 6.71. The maximum atomic E-state index is 5.84. The van der Waals surface area contributed by atoms with Gasteiger partial charge < -0.3 is 0 Å².